The van der Waals surface area contributed by atoms with Gasteiger partial charge in [0.2, 0.25) is 0 Å². The van der Waals surface area contributed by atoms with Crippen LogP contribution >= 0.6 is 0 Å². The van der Waals surface area contributed by atoms with Gasteiger partial charge in [0.15, 0.2) is 0 Å². The standard InChI is InChI=1S/C10H18O/c1-8-4-5-9(7-11)6-10(8,2)3/h6,8,11H,4-5,7H2,1-3H3. The van der Waals surface area contributed by atoms with Crippen LogP contribution in [0.2, 0.25) is 0 Å². The highest BCUT2D eigenvalue weighted by Gasteiger charge is 2.27. The molecule has 11 heavy (non-hydrogen) atoms. The molecule has 0 radical (unpaired) electrons. The van der Waals surface area contributed by atoms with Gasteiger partial charge in [-0.2, -0.15) is 0 Å². The van der Waals surface area contributed by atoms with Crippen LogP contribution in [-0.2, 0) is 0 Å². The van der Waals surface area contributed by atoms with Crippen molar-refractivity contribution in [2.75, 3.05) is 6.61 Å². The maximum absolute atomic E-state index is 8.94. The summed E-state index contributed by atoms with van der Waals surface area (Å²) in [6.45, 7) is 7.01. The molecule has 0 heterocycles. The van der Waals surface area contributed by atoms with E-state index in [4.69, 9.17) is 5.11 Å². The van der Waals surface area contributed by atoms with Crippen LogP contribution in [0.25, 0.3) is 0 Å². The van der Waals surface area contributed by atoms with E-state index in [-0.39, 0.29) is 12.0 Å². The monoisotopic (exact) mass is 154 g/mol. The second-order valence-corrected chi connectivity index (χ2v) is 4.22. The number of rotatable bonds is 1. The van der Waals surface area contributed by atoms with Crippen LogP contribution in [0.5, 0.6) is 0 Å². The predicted molar refractivity (Wildman–Crippen MR) is 47.3 cm³/mol. The molecule has 0 saturated carbocycles. The fourth-order valence-electron chi connectivity index (χ4n) is 1.64. The molecule has 0 aromatic carbocycles. The fraction of sp³-hybridized carbons (Fsp3) is 0.800. The number of hydrogen-bond acceptors (Lipinski definition) is 1. The third kappa shape index (κ3) is 1.84. The van der Waals surface area contributed by atoms with Crippen molar-refractivity contribution >= 4 is 0 Å². The molecule has 0 spiro atoms. The van der Waals surface area contributed by atoms with Crippen LogP contribution in [0.4, 0.5) is 0 Å². The van der Waals surface area contributed by atoms with Crippen molar-refractivity contribution < 1.29 is 5.11 Å². The van der Waals surface area contributed by atoms with Crippen molar-refractivity contribution in [3.8, 4) is 0 Å². The number of allylic oxidation sites excluding steroid dienone is 1. The summed E-state index contributed by atoms with van der Waals surface area (Å²) >= 11 is 0. The topological polar surface area (TPSA) is 20.2 Å². The molecule has 1 atom stereocenters. The summed E-state index contributed by atoms with van der Waals surface area (Å²) in [6.07, 6.45) is 4.54. The molecule has 0 fully saturated rings. The fourth-order valence-corrected chi connectivity index (χ4v) is 1.64. The van der Waals surface area contributed by atoms with Gasteiger partial charge < -0.3 is 5.11 Å². The van der Waals surface area contributed by atoms with Gasteiger partial charge in [-0.3, -0.25) is 0 Å². The molecule has 1 unspecified atom stereocenters. The first-order valence-electron chi connectivity index (χ1n) is 4.37. The van der Waals surface area contributed by atoms with E-state index in [1.165, 1.54) is 12.0 Å². The van der Waals surface area contributed by atoms with Gasteiger partial charge in [0.05, 0.1) is 6.61 Å². The first-order chi connectivity index (χ1) is 5.06. The van der Waals surface area contributed by atoms with E-state index in [9.17, 15) is 0 Å². The van der Waals surface area contributed by atoms with E-state index < -0.39 is 0 Å². The van der Waals surface area contributed by atoms with Gasteiger partial charge in [-0.25, -0.2) is 0 Å². The van der Waals surface area contributed by atoms with Crippen LogP contribution < -0.4 is 0 Å². The highest BCUT2D eigenvalue weighted by Crippen LogP contribution is 2.37. The Bertz CT molecular complexity index is 168. The van der Waals surface area contributed by atoms with E-state index in [0.29, 0.717) is 0 Å². The summed E-state index contributed by atoms with van der Waals surface area (Å²) in [5, 5.41) is 8.94. The van der Waals surface area contributed by atoms with Crippen molar-refractivity contribution in [2.24, 2.45) is 11.3 Å². The number of aliphatic hydroxyl groups is 1. The Hall–Kier alpha value is -0.300. The number of hydrogen-bond donors (Lipinski definition) is 1. The van der Waals surface area contributed by atoms with Gasteiger partial charge in [0.1, 0.15) is 0 Å². The largest absolute Gasteiger partial charge is 0.392 e. The Morgan fingerprint density at radius 3 is 2.73 bits per heavy atom. The molecule has 0 saturated heterocycles. The van der Waals surface area contributed by atoms with Gasteiger partial charge in [0.25, 0.3) is 0 Å². The van der Waals surface area contributed by atoms with E-state index in [1.807, 2.05) is 0 Å². The first-order valence-corrected chi connectivity index (χ1v) is 4.37. The smallest absolute Gasteiger partial charge is 0.0641 e. The molecule has 1 heteroatoms. The molecular formula is C10H18O. The molecule has 1 nitrogen and oxygen atoms in total. The molecule has 0 aliphatic heterocycles. The second kappa shape index (κ2) is 2.98. The molecule has 0 bridgehead atoms. The third-order valence-corrected chi connectivity index (χ3v) is 2.95. The summed E-state index contributed by atoms with van der Waals surface area (Å²) < 4.78 is 0. The minimum absolute atomic E-state index is 0.246. The molecule has 0 amide bonds. The van der Waals surface area contributed by atoms with Crippen LogP contribution in [0.15, 0.2) is 11.6 Å². The van der Waals surface area contributed by atoms with Gasteiger partial charge in [-0.15, -0.1) is 0 Å². The average molecular weight is 154 g/mol. The molecule has 1 N–H and O–H groups in total. The van der Waals surface area contributed by atoms with Gasteiger partial charge in [0, 0.05) is 0 Å². The summed E-state index contributed by atoms with van der Waals surface area (Å²) in [6, 6.07) is 0. The maximum atomic E-state index is 8.94. The molecule has 1 rings (SSSR count). The molecule has 0 aromatic heterocycles. The van der Waals surface area contributed by atoms with E-state index in [2.05, 4.69) is 26.8 Å². The van der Waals surface area contributed by atoms with Crippen LogP contribution in [-0.4, -0.2) is 11.7 Å². The highest BCUT2D eigenvalue weighted by molar-refractivity contribution is 5.13. The molecule has 0 aromatic rings. The molecule has 1 aliphatic carbocycles. The minimum Gasteiger partial charge on any atom is -0.392 e. The SMILES string of the molecule is CC1CCC(CO)=CC1(C)C. The van der Waals surface area contributed by atoms with E-state index in [0.717, 1.165) is 12.3 Å². The van der Waals surface area contributed by atoms with Crippen LogP contribution in [0.3, 0.4) is 0 Å². The molecule has 64 valence electrons. The Morgan fingerprint density at radius 2 is 2.27 bits per heavy atom. The zero-order chi connectivity index (χ0) is 8.48. The van der Waals surface area contributed by atoms with E-state index in [1.54, 1.807) is 0 Å². The van der Waals surface area contributed by atoms with Gasteiger partial charge >= 0.3 is 0 Å². The Kier molecular flexibility index (Phi) is 2.38. The number of aliphatic hydroxyl groups excluding tert-OH is 1. The minimum atomic E-state index is 0.246. The summed E-state index contributed by atoms with van der Waals surface area (Å²) in [4.78, 5) is 0. The maximum Gasteiger partial charge on any atom is 0.0641 e. The lowest BCUT2D eigenvalue weighted by atomic mass is 9.72. The summed E-state index contributed by atoms with van der Waals surface area (Å²) in [5.74, 6) is 0.748. The normalized spacial score (nSPS) is 29.8. The Labute approximate surface area is 69.1 Å². The van der Waals surface area contributed by atoms with Crippen LogP contribution in [0.1, 0.15) is 33.6 Å². The lowest BCUT2D eigenvalue weighted by molar-refractivity contribution is 0.250. The van der Waals surface area contributed by atoms with Crippen molar-refractivity contribution in [1.29, 1.82) is 0 Å². The van der Waals surface area contributed by atoms with E-state index >= 15 is 0 Å². The van der Waals surface area contributed by atoms with Crippen molar-refractivity contribution in [2.45, 2.75) is 33.6 Å². The lowest BCUT2D eigenvalue weighted by Gasteiger charge is -2.34. The lowest BCUT2D eigenvalue weighted by Crippen LogP contribution is -2.24. The zero-order valence-electron chi connectivity index (χ0n) is 7.72. The van der Waals surface area contributed by atoms with Crippen LogP contribution in [0, 0.1) is 11.3 Å². The predicted octanol–water partition coefficient (Wildman–Crippen LogP) is 2.36. The van der Waals surface area contributed by atoms with Crippen molar-refractivity contribution in [3.63, 3.8) is 0 Å². The highest BCUT2D eigenvalue weighted by atomic mass is 16.3. The van der Waals surface area contributed by atoms with Gasteiger partial charge in [-0.05, 0) is 29.7 Å². The molecule has 1 aliphatic rings. The Morgan fingerprint density at radius 1 is 1.64 bits per heavy atom. The zero-order valence-corrected chi connectivity index (χ0v) is 7.72. The second-order valence-electron chi connectivity index (χ2n) is 4.22. The first kappa shape index (κ1) is 8.79. The molecular weight excluding hydrogens is 136 g/mol. The Balaban J connectivity index is 2.76. The van der Waals surface area contributed by atoms with Gasteiger partial charge in [-0.1, -0.05) is 26.8 Å². The quantitative estimate of drug-likeness (QED) is 0.575. The van der Waals surface area contributed by atoms with Crippen molar-refractivity contribution in [3.05, 3.63) is 11.6 Å². The van der Waals surface area contributed by atoms with Crippen molar-refractivity contribution in [1.82, 2.24) is 0 Å². The third-order valence-electron chi connectivity index (χ3n) is 2.95. The summed E-state index contributed by atoms with van der Waals surface area (Å²) in [7, 11) is 0. The average Bonchev–Trinajstić information content (AvgIpc) is 1.95. The summed E-state index contributed by atoms with van der Waals surface area (Å²) in [5.41, 5.74) is 1.50.